The molecular formula is C14H21NO2S. The molecule has 0 spiro atoms. The number of aryl methyl sites for hydroxylation is 1. The van der Waals surface area contributed by atoms with Crippen LogP contribution in [-0.2, 0) is 10.0 Å². The lowest BCUT2D eigenvalue weighted by molar-refractivity contribution is 0.349. The first-order valence-corrected chi connectivity index (χ1v) is 8.24. The molecule has 1 aromatic rings. The minimum absolute atomic E-state index is 0.114. The Morgan fingerprint density at radius 1 is 1.17 bits per heavy atom. The molecule has 100 valence electrons. The summed E-state index contributed by atoms with van der Waals surface area (Å²) >= 11 is 0. The van der Waals surface area contributed by atoms with Gasteiger partial charge in [0.1, 0.15) is 0 Å². The van der Waals surface area contributed by atoms with Crippen LogP contribution in [0.2, 0.25) is 0 Å². The quantitative estimate of drug-likeness (QED) is 0.844. The molecule has 0 radical (unpaired) electrons. The molecule has 1 saturated carbocycles. The van der Waals surface area contributed by atoms with E-state index >= 15 is 0 Å². The lowest BCUT2D eigenvalue weighted by Gasteiger charge is -2.28. The molecule has 18 heavy (non-hydrogen) atoms. The number of nitrogens with zero attached hydrogens (tertiary/aromatic N) is 1. The van der Waals surface area contributed by atoms with E-state index in [1.807, 2.05) is 0 Å². The summed E-state index contributed by atoms with van der Waals surface area (Å²) < 4.78 is 24.9. The maximum atomic E-state index is 11.7. The van der Waals surface area contributed by atoms with Crippen molar-refractivity contribution in [3.63, 3.8) is 0 Å². The highest BCUT2D eigenvalue weighted by atomic mass is 32.2. The Balaban J connectivity index is 2.25. The van der Waals surface area contributed by atoms with Gasteiger partial charge in [-0.05, 0) is 25.3 Å². The zero-order valence-electron chi connectivity index (χ0n) is 11.3. The van der Waals surface area contributed by atoms with E-state index in [-0.39, 0.29) is 6.04 Å². The molecule has 0 saturated heterocycles. The van der Waals surface area contributed by atoms with Gasteiger partial charge >= 0.3 is 0 Å². The minimum atomic E-state index is -3.10. The molecule has 4 heteroatoms. The van der Waals surface area contributed by atoms with Gasteiger partial charge in [-0.25, -0.2) is 12.7 Å². The molecule has 0 heterocycles. The largest absolute Gasteiger partial charge is 0.213 e. The molecule has 2 atom stereocenters. The van der Waals surface area contributed by atoms with Crippen molar-refractivity contribution in [1.82, 2.24) is 4.31 Å². The number of benzene rings is 1. The molecule has 0 aliphatic heterocycles. The van der Waals surface area contributed by atoms with Crippen LogP contribution in [0.3, 0.4) is 0 Å². The van der Waals surface area contributed by atoms with Crippen LogP contribution in [0.15, 0.2) is 24.3 Å². The van der Waals surface area contributed by atoms with Gasteiger partial charge in [0.05, 0.1) is 6.26 Å². The van der Waals surface area contributed by atoms with Crippen LogP contribution in [0.1, 0.15) is 36.3 Å². The monoisotopic (exact) mass is 267 g/mol. The second-order valence-electron chi connectivity index (χ2n) is 5.29. The molecule has 0 amide bonds. The zero-order valence-corrected chi connectivity index (χ0v) is 12.1. The molecule has 0 N–H and O–H groups in total. The van der Waals surface area contributed by atoms with Crippen molar-refractivity contribution in [3.8, 4) is 0 Å². The van der Waals surface area contributed by atoms with Crippen molar-refractivity contribution in [2.24, 2.45) is 0 Å². The van der Waals surface area contributed by atoms with Crippen LogP contribution < -0.4 is 0 Å². The van der Waals surface area contributed by atoms with Gasteiger partial charge in [-0.1, -0.05) is 36.2 Å². The highest BCUT2D eigenvalue weighted by molar-refractivity contribution is 7.88. The van der Waals surface area contributed by atoms with Crippen molar-refractivity contribution in [1.29, 1.82) is 0 Å². The maximum absolute atomic E-state index is 11.7. The summed E-state index contributed by atoms with van der Waals surface area (Å²) in [7, 11) is -1.40. The SMILES string of the molecule is Cc1ccc([C@H]2CCC[C@H]2N(C)S(C)(=O)=O)cc1. The molecule has 1 aliphatic carbocycles. The summed E-state index contributed by atoms with van der Waals surface area (Å²) in [5.74, 6) is 0.338. The van der Waals surface area contributed by atoms with Gasteiger partial charge in [0.2, 0.25) is 10.0 Å². The number of hydrogen-bond acceptors (Lipinski definition) is 2. The van der Waals surface area contributed by atoms with Crippen LogP contribution in [0.4, 0.5) is 0 Å². The highest BCUT2D eigenvalue weighted by Crippen LogP contribution is 2.38. The van der Waals surface area contributed by atoms with Crippen LogP contribution in [0.25, 0.3) is 0 Å². The zero-order chi connectivity index (χ0) is 13.3. The lowest BCUT2D eigenvalue weighted by Crippen LogP contribution is -2.37. The Morgan fingerprint density at radius 2 is 1.78 bits per heavy atom. The van der Waals surface area contributed by atoms with Crippen LogP contribution in [-0.4, -0.2) is 32.1 Å². The van der Waals surface area contributed by atoms with Crippen LogP contribution in [0, 0.1) is 6.92 Å². The third kappa shape index (κ3) is 2.75. The summed E-state index contributed by atoms with van der Waals surface area (Å²) in [5, 5.41) is 0. The Bertz CT molecular complexity index is 507. The predicted molar refractivity (Wildman–Crippen MR) is 74.2 cm³/mol. The first-order valence-electron chi connectivity index (χ1n) is 6.39. The normalized spacial score (nSPS) is 24.7. The van der Waals surface area contributed by atoms with Gasteiger partial charge < -0.3 is 0 Å². The lowest BCUT2D eigenvalue weighted by atomic mass is 9.93. The molecule has 1 aliphatic rings. The van der Waals surface area contributed by atoms with E-state index in [9.17, 15) is 8.42 Å². The summed E-state index contributed by atoms with van der Waals surface area (Å²) in [6.45, 7) is 2.07. The van der Waals surface area contributed by atoms with Crippen LogP contribution >= 0.6 is 0 Å². The Kier molecular flexibility index (Phi) is 3.78. The van der Waals surface area contributed by atoms with E-state index in [0.717, 1.165) is 19.3 Å². The smallest absolute Gasteiger partial charge is 0.211 e. The van der Waals surface area contributed by atoms with Gasteiger partial charge in [0.15, 0.2) is 0 Å². The molecule has 1 fully saturated rings. The third-order valence-electron chi connectivity index (χ3n) is 3.98. The Morgan fingerprint density at radius 3 is 2.33 bits per heavy atom. The number of hydrogen-bond donors (Lipinski definition) is 0. The standard InChI is InChI=1S/C14H21NO2S/c1-11-7-9-12(10-8-11)13-5-4-6-14(13)15(2)18(3,16)17/h7-10,13-14H,4-6H2,1-3H3/t13-,14-/m1/s1. The van der Waals surface area contributed by atoms with E-state index in [1.54, 1.807) is 11.4 Å². The Hall–Kier alpha value is -0.870. The second-order valence-corrected chi connectivity index (χ2v) is 7.34. The number of sulfonamides is 1. The topological polar surface area (TPSA) is 37.4 Å². The number of likely N-dealkylation sites (N-methyl/N-ethyl adjacent to an activating group) is 1. The second kappa shape index (κ2) is 5.02. The van der Waals surface area contributed by atoms with E-state index in [1.165, 1.54) is 17.4 Å². The molecular weight excluding hydrogens is 246 g/mol. The van der Waals surface area contributed by atoms with Gasteiger partial charge in [0, 0.05) is 19.0 Å². The highest BCUT2D eigenvalue weighted by Gasteiger charge is 2.34. The summed E-state index contributed by atoms with van der Waals surface area (Å²) in [4.78, 5) is 0. The van der Waals surface area contributed by atoms with Gasteiger partial charge in [-0.15, -0.1) is 0 Å². The molecule has 0 bridgehead atoms. The number of rotatable bonds is 3. The van der Waals surface area contributed by atoms with Gasteiger partial charge in [-0.2, -0.15) is 0 Å². The van der Waals surface area contributed by atoms with E-state index in [2.05, 4.69) is 31.2 Å². The molecule has 0 unspecified atom stereocenters. The summed E-state index contributed by atoms with van der Waals surface area (Å²) in [6.07, 6.45) is 4.43. The van der Waals surface area contributed by atoms with Crippen molar-refractivity contribution in [3.05, 3.63) is 35.4 Å². The fourth-order valence-corrected chi connectivity index (χ4v) is 3.57. The minimum Gasteiger partial charge on any atom is -0.213 e. The van der Waals surface area contributed by atoms with Crippen molar-refractivity contribution >= 4 is 10.0 Å². The van der Waals surface area contributed by atoms with E-state index < -0.39 is 10.0 Å². The molecule has 1 aromatic carbocycles. The summed E-state index contributed by atoms with van der Waals surface area (Å²) in [6, 6.07) is 8.59. The average Bonchev–Trinajstić information content (AvgIpc) is 2.76. The van der Waals surface area contributed by atoms with E-state index in [4.69, 9.17) is 0 Å². The fourth-order valence-electron chi connectivity index (χ4n) is 2.82. The molecule has 0 aromatic heterocycles. The first-order chi connectivity index (χ1) is 8.39. The van der Waals surface area contributed by atoms with Crippen molar-refractivity contribution < 1.29 is 8.42 Å². The van der Waals surface area contributed by atoms with Crippen LogP contribution in [0.5, 0.6) is 0 Å². The average molecular weight is 267 g/mol. The first kappa shape index (κ1) is 13.6. The summed E-state index contributed by atoms with van der Waals surface area (Å²) in [5.41, 5.74) is 2.50. The van der Waals surface area contributed by atoms with E-state index in [0.29, 0.717) is 5.92 Å². The molecule has 2 rings (SSSR count). The van der Waals surface area contributed by atoms with Gasteiger partial charge in [0.25, 0.3) is 0 Å². The predicted octanol–water partition coefficient (Wildman–Crippen LogP) is 2.52. The van der Waals surface area contributed by atoms with Crippen molar-refractivity contribution in [2.75, 3.05) is 13.3 Å². The maximum Gasteiger partial charge on any atom is 0.211 e. The van der Waals surface area contributed by atoms with Crippen molar-refractivity contribution in [2.45, 2.75) is 38.1 Å². The fraction of sp³-hybridized carbons (Fsp3) is 0.571. The third-order valence-corrected chi connectivity index (χ3v) is 5.29. The Labute approximate surface area is 110 Å². The van der Waals surface area contributed by atoms with Gasteiger partial charge in [-0.3, -0.25) is 0 Å². The molecule has 3 nitrogen and oxygen atoms in total.